The number of aromatic nitrogens is 4. The van der Waals surface area contributed by atoms with E-state index in [1.807, 2.05) is 0 Å². The highest BCUT2D eigenvalue weighted by Crippen LogP contribution is 2.48. The van der Waals surface area contributed by atoms with Crippen LogP contribution in [0.25, 0.3) is 119 Å². The van der Waals surface area contributed by atoms with Crippen molar-refractivity contribution in [3.05, 3.63) is 170 Å². The van der Waals surface area contributed by atoms with Crippen LogP contribution >= 0.6 is 11.3 Å². The molecule has 254 valence electrons. The lowest BCUT2D eigenvalue weighted by Gasteiger charge is -2.11. The topological polar surface area (TPSA) is 35.1 Å². The van der Waals surface area contributed by atoms with Gasteiger partial charge in [-0.15, -0.1) is 11.3 Å². The molecule has 4 nitrogen and oxygen atoms in total. The molecular weight excluding hydrogens is 689 g/mol. The van der Waals surface area contributed by atoms with Gasteiger partial charge in [0, 0.05) is 48.0 Å². The Labute approximate surface area is 318 Å². The third-order valence-electron chi connectivity index (χ3n) is 11.6. The summed E-state index contributed by atoms with van der Waals surface area (Å²) in [6, 6.07) is 61.5. The highest BCUT2D eigenvalue weighted by molar-refractivity contribution is 7.26. The average Bonchev–Trinajstić information content (AvgIpc) is 3.98. The number of hydrogen-bond acceptors (Lipinski definition) is 3. The molecule has 13 rings (SSSR count). The van der Waals surface area contributed by atoms with Gasteiger partial charge in [-0.3, -0.25) is 4.57 Å². The number of thiophene rings is 1. The van der Waals surface area contributed by atoms with Gasteiger partial charge in [0.2, 0.25) is 0 Å². The summed E-state index contributed by atoms with van der Waals surface area (Å²) in [5.74, 6) is 1.64. The van der Waals surface area contributed by atoms with Crippen molar-refractivity contribution in [3.8, 4) is 28.3 Å². The zero-order chi connectivity index (χ0) is 35.8. The van der Waals surface area contributed by atoms with Gasteiger partial charge >= 0.3 is 0 Å². The lowest BCUT2D eigenvalue weighted by Crippen LogP contribution is -2.01. The van der Waals surface area contributed by atoms with E-state index in [-0.39, 0.29) is 0 Å². The van der Waals surface area contributed by atoms with Crippen molar-refractivity contribution in [2.75, 3.05) is 0 Å². The number of nitrogens with zero attached hydrogens (tertiary/aromatic N) is 4. The molecule has 0 aliphatic heterocycles. The number of hydrogen-bond donors (Lipinski definition) is 0. The lowest BCUT2D eigenvalue weighted by molar-refractivity contribution is 1.08. The fourth-order valence-electron chi connectivity index (χ4n) is 9.24. The zero-order valence-electron chi connectivity index (χ0n) is 29.4. The Morgan fingerprint density at radius 2 is 1.13 bits per heavy atom. The summed E-state index contributed by atoms with van der Waals surface area (Å²) in [6.07, 6.45) is 0. The average molecular weight is 717 g/mol. The third kappa shape index (κ3) is 3.94. The smallest absolute Gasteiger partial charge is 0.162 e. The second-order valence-corrected chi connectivity index (χ2v) is 15.6. The van der Waals surface area contributed by atoms with E-state index >= 15 is 0 Å². The molecule has 0 fully saturated rings. The molecule has 0 radical (unpaired) electrons. The highest BCUT2D eigenvalue weighted by atomic mass is 32.1. The monoisotopic (exact) mass is 716 g/mol. The Hall–Kier alpha value is -7.08. The third-order valence-corrected chi connectivity index (χ3v) is 12.8. The van der Waals surface area contributed by atoms with Crippen molar-refractivity contribution >= 4 is 102 Å². The zero-order valence-corrected chi connectivity index (χ0v) is 30.2. The summed E-state index contributed by atoms with van der Waals surface area (Å²) in [5, 5.41) is 11.0. The number of fused-ring (bicyclic) bond motifs is 14. The van der Waals surface area contributed by atoms with Crippen molar-refractivity contribution in [3.63, 3.8) is 0 Å². The Morgan fingerprint density at radius 1 is 0.418 bits per heavy atom. The van der Waals surface area contributed by atoms with Crippen molar-refractivity contribution in [2.45, 2.75) is 0 Å². The summed E-state index contributed by atoms with van der Waals surface area (Å²) < 4.78 is 7.21. The molecule has 0 saturated carbocycles. The van der Waals surface area contributed by atoms with E-state index in [0.717, 1.165) is 43.8 Å². The molecule has 0 unspecified atom stereocenters. The molecule has 0 spiro atoms. The second-order valence-electron chi connectivity index (χ2n) is 14.6. The van der Waals surface area contributed by atoms with Crippen LogP contribution in [-0.4, -0.2) is 18.9 Å². The van der Waals surface area contributed by atoms with Gasteiger partial charge in [-0.2, -0.15) is 0 Å². The molecule has 8 aromatic carbocycles. The Balaban J connectivity index is 1.21. The van der Waals surface area contributed by atoms with Gasteiger partial charge in [-0.25, -0.2) is 9.97 Å². The van der Waals surface area contributed by atoms with Crippen LogP contribution < -0.4 is 0 Å². The van der Waals surface area contributed by atoms with Gasteiger partial charge in [0.05, 0.1) is 37.8 Å². The minimum absolute atomic E-state index is 0.726. The molecule has 0 aliphatic rings. The van der Waals surface area contributed by atoms with E-state index in [2.05, 4.69) is 179 Å². The summed E-state index contributed by atoms with van der Waals surface area (Å²) in [7, 11) is 0. The minimum atomic E-state index is 0.726. The van der Waals surface area contributed by atoms with E-state index in [1.54, 1.807) is 11.3 Å². The first-order valence-electron chi connectivity index (χ1n) is 18.7. The summed E-state index contributed by atoms with van der Waals surface area (Å²) in [6.45, 7) is 0. The molecule has 5 heterocycles. The maximum Gasteiger partial charge on any atom is 0.162 e. The van der Waals surface area contributed by atoms with Crippen LogP contribution in [-0.2, 0) is 0 Å². The predicted molar refractivity (Wildman–Crippen MR) is 232 cm³/mol. The van der Waals surface area contributed by atoms with Crippen LogP contribution in [0, 0.1) is 0 Å². The molecule has 0 N–H and O–H groups in total. The quantitative estimate of drug-likeness (QED) is 0.182. The molecule has 13 aromatic rings. The van der Waals surface area contributed by atoms with E-state index < -0.39 is 0 Å². The Bertz CT molecular complexity index is 3720. The molecule has 0 aliphatic carbocycles. The van der Waals surface area contributed by atoms with Gasteiger partial charge in [-0.1, -0.05) is 133 Å². The molecule has 0 amide bonds. The summed E-state index contributed by atoms with van der Waals surface area (Å²) in [5.41, 5.74) is 10.4. The summed E-state index contributed by atoms with van der Waals surface area (Å²) in [4.78, 5) is 10.9. The molecule has 0 bridgehead atoms. The van der Waals surface area contributed by atoms with Gasteiger partial charge < -0.3 is 4.40 Å². The van der Waals surface area contributed by atoms with Crippen LogP contribution in [0.15, 0.2) is 170 Å². The van der Waals surface area contributed by atoms with Gasteiger partial charge in [0.15, 0.2) is 11.6 Å². The van der Waals surface area contributed by atoms with Crippen molar-refractivity contribution in [1.82, 2.24) is 18.9 Å². The molecule has 55 heavy (non-hydrogen) atoms. The van der Waals surface area contributed by atoms with Gasteiger partial charge in [0.25, 0.3) is 0 Å². The SMILES string of the molecule is c1ccc(-c2ccc3c4cc5c(c6ccccc6n5-c5nc(-c6ccc7ccccc7c6)nc6c5sc5ccccc56)c5c6ccccc6n(c3c2)c45)cc1. The molecular formula is C50H28N4S. The van der Waals surface area contributed by atoms with E-state index in [0.29, 0.717) is 0 Å². The van der Waals surface area contributed by atoms with Crippen LogP contribution in [0.5, 0.6) is 0 Å². The fraction of sp³-hybridized carbons (Fsp3) is 0. The van der Waals surface area contributed by atoms with Gasteiger partial charge in [0.1, 0.15) is 0 Å². The van der Waals surface area contributed by atoms with Crippen molar-refractivity contribution < 1.29 is 0 Å². The number of benzene rings is 8. The normalized spacial score (nSPS) is 12.4. The van der Waals surface area contributed by atoms with E-state index in [1.165, 1.54) is 75.5 Å². The van der Waals surface area contributed by atoms with Crippen LogP contribution in [0.4, 0.5) is 0 Å². The lowest BCUT2D eigenvalue weighted by atomic mass is 10.0. The Kier molecular flexibility index (Phi) is 5.74. The largest absolute Gasteiger partial charge is 0.308 e. The number of para-hydroxylation sites is 2. The van der Waals surface area contributed by atoms with Crippen molar-refractivity contribution in [2.24, 2.45) is 0 Å². The first-order valence-corrected chi connectivity index (χ1v) is 19.5. The standard InChI is InChI=1S/C50H28N4S/c1-2-12-29(13-3-1)32-24-25-34-38-28-42-44(45-36-17-7-9-19-39(36)53(47(38)45)41(34)27-32)35-16-6-10-20-40(35)54(42)50-48-46(37-18-8-11-21-43(37)55-48)51-49(52-50)33-23-22-30-14-4-5-15-31(30)26-33/h1-28H. The summed E-state index contributed by atoms with van der Waals surface area (Å²) >= 11 is 1.78. The second kappa shape index (κ2) is 10.8. The van der Waals surface area contributed by atoms with Crippen LogP contribution in [0.3, 0.4) is 0 Å². The Morgan fingerprint density at radius 3 is 2.00 bits per heavy atom. The van der Waals surface area contributed by atoms with Crippen LogP contribution in [0.2, 0.25) is 0 Å². The molecule has 5 heteroatoms. The first kappa shape index (κ1) is 29.4. The molecule has 5 aromatic heterocycles. The molecule has 0 saturated heterocycles. The van der Waals surface area contributed by atoms with E-state index in [9.17, 15) is 0 Å². The van der Waals surface area contributed by atoms with Crippen molar-refractivity contribution in [1.29, 1.82) is 0 Å². The number of rotatable bonds is 3. The maximum absolute atomic E-state index is 5.56. The van der Waals surface area contributed by atoms with E-state index in [4.69, 9.17) is 9.97 Å². The fourth-order valence-corrected chi connectivity index (χ4v) is 10.4. The van der Waals surface area contributed by atoms with Crippen LogP contribution in [0.1, 0.15) is 0 Å². The predicted octanol–water partition coefficient (Wildman–Crippen LogP) is 13.6. The maximum atomic E-state index is 5.56. The highest BCUT2D eigenvalue weighted by Gasteiger charge is 2.26. The van der Waals surface area contributed by atoms with Gasteiger partial charge in [-0.05, 0) is 58.3 Å². The molecule has 0 atom stereocenters. The first-order chi connectivity index (χ1) is 27.3. The minimum Gasteiger partial charge on any atom is -0.308 e.